The van der Waals surface area contributed by atoms with Gasteiger partial charge in [0.2, 0.25) is 5.91 Å². The van der Waals surface area contributed by atoms with E-state index in [2.05, 4.69) is 46.8 Å². The van der Waals surface area contributed by atoms with Gasteiger partial charge >= 0.3 is 0 Å². The van der Waals surface area contributed by atoms with E-state index >= 15 is 0 Å². The Labute approximate surface area is 266 Å². The lowest BCUT2D eigenvalue weighted by Gasteiger charge is -2.19. The molecule has 45 heavy (non-hydrogen) atoms. The highest BCUT2D eigenvalue weighted by Gasteiger charge is 2.25. The van der Waals surface area contributed by atoms with Crippen LogP contribution in [-0.2, 0) is 11.2 Å². The smallest absolute Gasteiger partial charge is 0.251 e. The van der Waals surface area contributed by atoms with E-state index in [0.29, 0.717) is 54.8 Å². The van der Waals surface area contributed by atoms with Gasteiger partial charge in [-0.2, -0.15) is 0 Å². The third-order valence-electron chi connectivity index (χ3n) is 7.30. The van der Waals surface area contributed by atoms with E-state index in [0.717, 1.165) is 21.0 Å². The Balaban J connectivity index is 1.48. The van der Waals surface area contributed by atoms with Crippen LogP contribution in [0.25, 0.3) is 22.4 Å². The molecule has 0 radical (unpaired) electrons. The number of amides is 2. The predicted octanol–water partition coefficient (Wildman–Crippen LogP) is 4.82. The Morgan fingerprint density at radius 3 is 2.49 bits per heavy atom. The number of rotatable bonds is 13. The molecule has 2 heterocycles. The van der Waals surface area contributed by atoms with Crippen molar-refractivity contribution in [2.24, 2.45) is 11.5 Å². The number of nitrogens with two attached hydrogens (primary N) is 2. The second-order valence-corrected chi connectivity index (χ2v) is 11.8. The van der Waals surface area contributed by atoms with Crippen LogP contribution in [0.3, 0.4) is 0 Å². The molecule has 2 amide bonds. The lowest BCUT2D eigenvalue weighted by molar-refractivity contribution is -0.121. The van der Waals surface area contributed by atoms with E-state index < -0.39 is 11.9 Å². The number of carbonyl (C=O) groups is 2. The van der Waals surface area contributed by atoms with Crippen molar-refractivity contribution in [2.75, 3.05) is 13.1 Å². The number of pyridine rings is 1. The van der Waals surface area contributed by atoms with Crippen molar-refractivity contribution in [1.82, 2.24) is 25.2 Å². The molecule has 0 bridgehead atoms. The second-order valence-electron chi connectivity index (χ2n) is 10.7. The van der Waals surface area contributed by atoms with Crippen LogP contribution in [0, 0.1) is 12.3 Å². The Morgan fingerprint density at radius 2 is 1.76 bits per heavy atom. The lowest BCUT2D eigenvalue weighted by Crippen LogP contribution is -2.32. The van der Waals surface area contributed by atoms with E-state index in [-0.39, 0.29) is 11.9 Å². The first kappa shape index (κ1) is 31.3. The van der Waals surface area contributed by atoms with Gasteiger partial charge in [-0.25, -0.2) is 4.98 Å². The molecule has 5 aromatic rings. The van der Waals surface area contributed by atoms with Crippen molar-refractivity contribution in [2.45, 2.75) is 42.0 Å². The Hall–Kier alpha value is -5.16. The number of aryl methyl sites for hydroxylation is 1. The van der Waals surface area contributed by atoms with Crippen LogP contribution in [0.5, 0.6) is 0 Å². The quantitative estimate of drug-likeness (QED) is 0.0715. The van der Waals surface area contributed by atoms with Gasteiger partial charge in [0.25, 0.3) is 5.91 Å². The van der Waals surface area contributed by atoms with Gasteiger partial charge in [0.05, 0.1) is 11.0 Å². The van der Waals surface area contributed by atoms with Gasteiger partial charge in [-0.15, -0.1) is 0 Å². The van der Waals surface area contributed by atoms with Crippen molar-refractivity contribution < 1.29 is 9.59 Å². The molecule has 0 saturated carbocycles. The SMILES string of the molecule is Cc1ccc(Sc2cccc(-c3nc4cc(C(=O)NCCc5ccccn5)ccc4n3[C@@H](CCCNC(=N)N)C(N)=O)c2)cc1. The van der Waals surface area contributed by atoms with E-state index in [4.69, 9.17) is 21.9 Å². The number of hydrogen-bond acceptors (Lipinski definition) is 6. The molecule has 0 unspecified atom stereocenters. The van der Waals surface area contributed by atoms with Gasteiger partial charge < -0.3 is 26.7 Å². The molecule has 0 aliphatic heterocycles. The van der Waals surface area contributed by atoms with Crippen molar-refractivity contribution in [1.29, 1.82) is 5.41 Å². The summed E-state index contributed by atoms with van der Waals surface area (Å²) in [5.74, 6) is -0.275. The van der Waals surface area contributed by atoms with Crippen LogP contribution in [0.1, 0.15) is 40.5 Å². The minimum atomic E-state index is -0.717. The molecule has 1 atom stereocenters. The topological polar surface area (TPSA) is 165 Å². The average molecular weight is 621 g/mol. The molecule has 7 N–H and O–H groups in total. The van der Waals surface area contributed by atoms with Gasteiger partial charge in [-0.3, -0.25) is 20.0 Å². The predicted molar refractivity (Wildman–Crippen MR) is 178 cm³/mol. The minimum absolute atomic E-state index is 0.131. The normalized spacial score (nSPS) is 11.7. The van der Waals surface area contributed by atoms with Gasteiger partial charge in [-0.1, -0.05) is 47.7 Å². The van der Waals surface area contributed by atoms with Crippen molar-refractivity contribution in [3.8, 4) is 11.4 Å². The third-order valence-corrected chi connectivity index (χ3v) is 8.30. The highest BCUT2D eigenvalue weighted by Crippen LogP contribution is 2.35. The number of benzene rings is 3. The molecule has 0 fully saturated rings. The number of imidazole rings is 1. The number of hydrogen-bond donors (Lipinski definition) is 5. The molecule has 11 heteroatoms. The first-order chi connectivity index (χ1) is 21.8. The van der Waals surface area contributed by atoms with Gasteiger partial charge in [0, 0.05) is 52.3 Å². The van der Waals surface area contributed by atoms with Gasteiger partial charge in [-0.05, 0) is 74.4 Å². The van der Waals surface area contributed by atoms with Crippen molar-refractivity contribution in [3.05, 3.63) is 108 Å². The number of nitrogens with zero attached hydrogens (tertiary/aromatic N) is 3. The third kappa shape index (κ3) is 8.07. The summed E-state index contributed by atoms with van der Waals surface area (Å²) in [6.07, 6.45) is 3.30. The number of guanidine groups is 1. The van der Waals surface area contributed by atoms with Crippen molar-refractivity contribution >= 4 is 40.6 Å². The van der Waals surface area contributed by atoms with Crippen LogP contribution in [0.4, 0.5) is 0 Å². The molecule has 3 aromatic carbocycles. The maximum Gasteiger partial charge on any atom is 0.251 e. The largest absolute Gasteiger partial charge is 0.370 e. The molecular formula is C34H36N8O2S. The van der Waals surface area contributed by atoms with Gasteiger partial charge in [0.15, 0.2) is 5.96 Å². The summed E-state index contributed by atoms with van der Waals surface area (Å²) in [4.78, 5) is 37.4. The molecular weight excluding hydrogens is 584 g/mol. The highest BCUT2D eigenvalue weighted by molar-refractivity contribution is 7.99. The first-order valence-electron chi connectivity index (χ1n) is 14.7. The van der Waals surface area contributed by atoms with Crippen LogP contribution in [0.2, 0.25) is 0 Å². The Kier molecular flexibility index (Phi) is 10.1. The fraction of sp³-hybridized carbons (Fsp3) is 0.206. The number of fused-ring (bicyclic) bond motifs is 1. The molecule has 5 rings (SSSR count). The van der Waals surface area contributed by atoms with Crippen LogP contribution in [0.15, 0.2) is 101 Å². The van der Waals surface area contributed by atoms with Crippen LogP contribution in [-0.4, -0.2) is 45.4 Å². The summed E-state index contributed by atoms with van der Waals surface area (Å²) in [6, 6.07) is 26.6. The molecule has 0 saturated heterocycles. The molecule has 10 nitrogen and oxygen atoms in total. The number of nitrogens with one attached hydrogen (secondary N) is 3. The van der Waals surface area contributed by atoms with E-state index in [1.54, 1.807) is 30.1 Å². The zero-order valence-electron chi connectivity index (χ0n) is 25.0. The highest BCUT2D eigenvalue weighted by atomic mass is 32.2. The zero-order chi connectivity index (χ0) is 31.8. The van der Waals surface area contributed by atoms with Crippen LogP contribution < -0.4 is 22.1 Å². The fourth-order valence-electron chi connectivity index (χ4n) is 5.07. The first-order valence-corrected chi connectivity index (χ1v) is 15.5. The van der Waals surface area contributed by atoms with Crippen molar-refractivity contribution in [3.63, 3.8) is 0 Å². The molecule has 230 valence electrons. The second kappa shape index (κ2) is 14.5. The molecule has 0 aliphatic carbocycles. The molecule has 2 aromatic heterocycles. The van der Waals surface area contributed by atoms with E-state index in [9.17, 15) is 9.59 Å². The maximum atomic E-state index is 13.1. The summed E-state index contributed by atoms with van der Waals surface area (Å²) >= 11 is 1.64. The standard InChI is InChI=1S/C34H36N8O2S/c1-22-10-13-26(14-11-22)45-27-8-4-6-23(20-27)32-41-28-21-24(33(44)39-19-16-25-7-2-3-17-38-25)12-15-29(28)42(32)30(31(35)43)9-5-18-40-34(36)37/h2-4,6-8,10-15,17,20-21,30H,5,9,16,18-19H2,1H3,(H2,35,43)(H,39,44)(H4,36,37,40)/t30-/m0/s1. The summed E-state index contributed by atoms with van der Waals surface area (Å²) in [5, 5.41) is 13.2. The fourth-order valence-corrected chi connectivity index (χ4v) is 5.95. The van der Waals surface area contributed by atoms with E-state index in [1.165, 1.54) is 5.56 Å². The maximum absolute atomic E-state index is 13.1. The zero-order valence-corrected chi connectivity index (χ0v) is 25.8. The Morgan fingerprint density at radius 1 is 0.933 bits per heavy atom. The molecule has 0 spiro atoms. The summed E-state index contributed by atoms with van der Waals surface area (Å²) < 4.78 is 1.86. The van der Waals surface area contributed by atoms with E-state index in [1.807, 2.05) is 53.1 Å². The monoisotopic (exact) mass is 620 g/mol. The molecule has 0 aliphatic rings. The number of primary amides is 1. The van der Waals surface area contributed by atoms with Crippen LogP contribution >= 0.6 is 11.8 Å². The summed E-state index contributed by atoms with van der Waals surface area (Å²) in [5.41, 5.74) is 16.1. The summed E-state index contributed by atoms with van der Waals surface area (Å²) in [7, 11) is 0. The lowest BCUT2D eigenvalue weighted by atomic mass is 10.1. The summed E-state index contributed by atoms with van der Waals surface area (Å²) in [6.45, 7) is 2.92. The number of aromatic nitrogens is 3. The Bertz CT molecular complexity index is 1800. The average Bonchev–Trinajstić information content (AvgIpc) is 3.41. The number of carbonyl (C=O) groups excluding carboxylic acids is 2. The van der Waals surface area contributed by atoms with Gasteiger partial charge in [0.1, 0.15) is 11.9 Å². The minimum Gasteiger partial charge on any atom is -0.370 e.